The molecule has 0 bridgehead atoms. The minimum Gasteiger partial charge on any atom is -0.496 e. The molecule has 0 radical (unpaired) electrons. The van der Waals surface area contributed by atoms with E-state index in [-0.39, 0.29) is 23.6 Å². The zero-order chi connectivity index (χ0) is 23.0. The van der Waals surface area contributed by atoms with Gasteiger partial charge in [0.15, 0.2) is 0 Å². The Kier molecular flexibility index (Phi) is 5.93. The molecule has 1 saturated heterocycles. The smallest absolute Gasteiger partial charge is 0.326 e. The fourth-order valence-electron chi connectivity index (χ4n) is 4.97. The molecule has 0 aromatic heterocycles. The summed E-state index contributed by atoms with van der Waals surface area (Å²) in [5, 5.41) is 13.8. The van der Waals surface area contributed by atoms with Crippen LogP contribution in [0.25, 0.3) is 0 Å². The summed E-state index contributed by atoms with van der Waals surface area (Å²) in [6.07, 6.45) is 1.98. The number of hydrogen-bond acceptors (Lipinski definition) is 7. The van der Waals surface area contributed by atoms with Gasteiger partial charge in [-0.3, -0.25) is 24.6 Å². The molecular formula is C21H27N3O7. The average Bonchev–Trinajstić information content (AvgIpc) is 2.87. The number of nitrogens with one attached hydrogen (secondary N) is 1. The molecule has 10 heteroatoms. The van der Waals surface area contributed by atoms with Crippen molar-refractivity contribution in [1.29, 1.82) is 0 Å². The number of amides is 3. The average molecular weight is 433 g/mol. The molecule has 1 saturated carbocycles. The van der Waals surface area contributed by atoms with E-state index in [1.165, 1.54) is 25.3 Å². The number of carbonyl (C=O) groups is 3. The molecule has 1 aromatic rings. The van der Waals surface area contributed by atoms with E-state index < -0.39 is 34.9 Å². The predicted molar refractivity (Wildman–Crippen MR) is 109 cm³/mol. The Bertz CT molecular complexity index is 930. The Balaban J connectivity index is 1.67. The number of imide groups is 1. The molecule has 3 rings (SSSR count). The van der Waals surface area contributed by atoms with Gasteiger partial charge in [0.2, 0.25) is 0 Å². The molecule has 1 aliphatic carbocycles. The van der Waals surface area contributed by atoms with Gasteiger partial charge < -0.3 is 14.8 Å². The van der Waals surface area contributed by atoms with Crippen LogP contribution in [0, 0.1) is 21.4 Å². The maximum Gasteiger partial charge on any atom is 0.326 e. The first-order valence-corrected chi connectivity index (χ1v) is 10.1. The summed E-state index contributed by atoms with van der Waals surface area (Å²) in [6, 6.07) is 3.33. The summed E-state index contributed by atoms with van der Waals surface area (Å²) >= 11 is 0. The van der Waals surface area contributed by atoms with Crippen molar-refractivity contribution in [2.24, 2.45) is 11.3 Å². The summed E-state index contributed by atoms with van der Waals surface area (Å²) in [7, 11) is 1.39. The van der Waals surface area contributed by atoms with E-state index in [0.717, 1.165) is 11.3 Å². The number of ether oxygens (including phenoxy) is 2. The van der Waals surface area contributed by atoms with E-state index in [4.69, 9.17) is 9.47 Å². The molecule has 2 aliphatic rings. The van der Waals surface area contributed by atoms with Crippen molar-refractivity contribution >= 4 is 23.6 Å². The number of urea groups is 1. The summed E-state index contributed by atoms with van der Waals surface area (Å²) in [5.41, 5.74) is -0.976. The molecule has 1 spiro atoms. The van der Waals surface area contributed by atoms with Crippen molar-refractivity contribution in [3.63, 3.8) is 0 Å². The number of hydrogen-bond donors (Lipinski definition) is 1. The minimum absolute atomic E-state index is 0.115. The van der Waals surface area contributed by atoms with Crippen LogP contribution >= 0.6 is 0 Å². The van der Waals surface area contributed by atoms with E-state index in [1.54, 1.807) is 0 Å². The quantitative estimate of drug-likeness (QED) is 0.316. The minimum atomic E-state index is -0.998. The van der Waals surface area contributed by atoms with Crippen LogP contribution in [0.1, 0.15) is 45.6 Å². The van der Waals surface area contributed by atoms with Crippen LogP contribution in [0.4, 0.5) is 10.5 Å². The number of benzene rings is 1. The van der Waals surface area contributed by atoms with Crippen molar-refractivity contribution in [3.05, 3.63) is 33.9 Å². The van der Waals surface area contributed by atoms with Crippen LogP contribution in [0.3, 0.4) is 0 Å². The van der Waals surface area contributed by atoms with Gasteiger partial charge in [0.25, 0.3) is 11.6 Å². The standard InChI is InChI=1S/C21H27N3O7/c1-13-8-20(2,3)12-21(9-13)18(26)23(19(27)22-21)10-17(25)31-11-14-7-15(24(28)29)5-6-16(14)30-4/h5-7,13H,8-12H2,1-4H3,(H,22,27). The normalized spacial score (nSPS) is 24.8. The Morgan fingerprint density at radius 1 is 1.32 bits per heavy atom. The lowest BCUT2D eigenvalue weighted by Gasteiger charge is -2.43. The highest BCUT2D eigenvalue weighted by atomic mass is 16.6. The van der Waals surface area contributed by atoms with Gasteiger partial charge in [-0.15, -0.1) is 0 Å². The molecule has 31 heavy (non-hydrogen) atoms. The van der Waals surface area contributed by atoms with Gasteiger partial charge in [-0.1, -0.05) is 20.8 Å². The molecule has 168 valence electrons. The van der Waals surface area contributed by atoms with Crippen LogP contribution in [-0.2, 0) is 20.9 Å². The van der Waals surface area contributed by atoms with E-state index in [1.807, 2.05) is 6.92 Å². The number of nitrogens with zero attached hydrogens (tertiary/aromatic N) is 2. The fourth-order valence-corrected chi connectivity index (χ4v) is 4.97. The molecule has 3 amide bonds. The predicted octanol–water partition coefficient (Wildman–Crippen LogP) is 2.78. The molecule has 2 unspecified atom stereocenters. The molecule has 1 aromatic carbocycles. The first-order chi connectivity index (χ1) is 14.5. The van der Waals surface area contributed by atoms with Crippen LogP contribution in [0.15, 0.2) is 18.2 Å². The van der Waals surface area contributed by atoms with Crippen molar-refractivity contribution in [1.82, 2.24) is 10.2 Å². The number of non-ortho nitro benzene ring substituents is 1. The number of nitro benzene ring substituents is 1. The lowest BCUT2D eigenvalue weighted by molar-refractivity contribution is -0.385. The number of carbonyl (C=O) groups excluding carboxylic acids is 3. The number of methoxy groups -OCH3 is 1. The van der Waals surface area contributed by atoms with Crippen LogP contribution in [0.5, 0.6) is 5.75 Å². The molecule has 1 aliphatic heterocycles. The maximum absolute atomic E-state index is 13.1. The second-order valence-corrected chi connectivity index (χ2v) is 9.17. The van der Waals surface area contributed by atoms with Gasteiger partial charge in [0.1, 0.15) is 24.4 Å². The third-order valence-electron chi connectivity index (χ3n) is 5.77. The highest BCUT2D eigenvalue weighted by molar-refractivity contribution is 6.08. The Morgan fingerprint density at radius 3 is 2.65 bits per heavy atom. The zero-order valence-corrected chi connectivity index (χ0v) is 18.1. The van der Waals surface area contributed by atoms with Gasteiger partial charge in [0.05, 0.1) is 12.0 Å². The maximum atomic E-state index is 13.1. The monoisotopic (exact) mass is 433 g/mol. The molecule has 1 N–H and O–H groups in total. The van der Waals surface area contributed by atoms with E-state index in [2.05, 4.69) is 19.2 Å². The largest absolute Gasteiger partial charge is 0.496 e. The SMILES string of the molecule is COc1ccc([N+](=O)[O-])cc1COC(=O)CN1C(=O)NC2(CC(C)CC(C)(C)C2)C1=O. The first kappa shape index (κ1) is 22.5. The number of rotatable bonds is 6. The third kappa shape index (κ3) is 4.62. The lowest BCUT2D eigenvalue weighted by Crippen LogP contribution is -2.54. The van der Waals surface area contributed by atoms with Gasteiger partial charge in [-0.05, 0) is 36.7 Å². The van der Waals surface area contributed by atoms with Gasteiger partial charge in [-0.2, -0.15) is 0 Å². The summed E-state index contributed by atoms with van der Waals surface area (Å²) < 4.78 is 10.3. The van der Waals surface area contributed by atoms with E-state index in [9.17, 15) is 24.5 Å². The van der Waals surface area contributed by atoms with E-state index >= 15 is 0 Å². The number of nitro groups is 1. The molecule has 2 atom stereocenters. The second kappa shape index (κ2) is 8.16. The highest BCUT2D eigenvalue weighted by Crippen LogP contribution is 2.46. The van der Waals surface area contributed by atoms with Crippen LogP contribution in [0.2, 0.25) is 0 Å². The lowest BCUT2D eigenvalue weighted by atomic mass is 9.64. The van der Waals surface area contributed by atoms with Gasteiger partial charge in [-0.25, -0.2) is 4.79 Å². The first-order valence-electron chi connectivity index (χ1n) is 10.1. The van der Waals surface area contributed by atoms with Crippen LogP contribution < -0.4 is 10.1 Å². The molecule has 10 nitrogen and oxygen atoms in total. The highest BCUT2D eigenvalue weighted by Gasteiger charge is 2.56. The fraction of sp³-hybridized carbons (Fsp3) is 0.571. The summed E-state index contributed by atoms with van der Waals surface area (Å²) in [4.78, 5) is 49.3. The molecule has 2 fully saturated rings. The second-order valence-electron chi connectivity index (χ2n) is 9.17. The van der Waals surface area contributed by atoms with Crippen LogP contribution in [-0.4, -0.2) is 46.9 Å². The Hall–Kier alpha value is -3.17. The Morgan fingerprint density at radius 2 is 2.03 bits per heavy atom. The van der Waals surface area contributed by atoms with Gasteiger partial charge in [0, 0.05) is 17.7 Å². The van der Waals surface area contributed by atoms with Gasteiger partial charge >= 0.3 is 12.0 Å². The van der Waals surface area contributed by atoms with Crippen molar-refractivity contribution < 1.29 is 28.8 Å². The molecule has 1 heterocycles. The third-order valence-corrected chi connectivity index (χ3v) is 5.77. The number of esters is 1. The Labute approximate surface area is 180 Å². The summed E-state index contributed by atoms with van der Waals surface area (Å²) in [5.74, 6) is -0.633. The summed E-state index contributed by atoms with van der Waals surface area (Å²) in [6.45, 7) is 5.35. The van der Waals surface area contributed by atoms with Crippen molar-refractivity contribution in [3.8, 4) is 5.75 Å². The van der Waals surface area contributed by atoms with Crippen molar-refractivity contribution in [2.45, 2.75) is 52.2 Å². The van der Waals surface area contributed by atoms with Crippen molar-refractivity contribution in [2.75, 3.05) is 13.7 Å². The zero-order valence-electron chi connectivity index (χ0n) is 18.1. The van der Waals surface area contributed by atoms with E-state index in [0.29, 0.717) is 24.2 Å². The topological polar surface area (TPSA) is 128 Å². The molecular weight excluding hydrogens is 406 g/mol.